The number of hydrogen-bond acceptors (Lipinski definition) is 5. The van der Waals surface area contributed by atoms with E-state index in [0.29, 0.717) is 12.1 Å². The molecule has 0 fully saturated rings. The normalized spacial score (nSPS) is 12.2. The van der Waals surface area contributed by atoms with Crippen LogP contribution in [0.3, 0.4) is 0 Å². The van der Waals surface area contributed by atoms with Gasteiger partial charge in [0.15, 0.2) is 0 Å². The van der Waals surface area contributed by atoms with Crippen molar-refractivity contribution >= 4 is 25.5 Å². The zero-order chi connectivity index (χ0) is 15.2. The largest absolute Gasteiger partial charge is 0.284 e. The van der Waals surface area contributed by atoms with Crippen LogP contribution in [0.25, 0.3) is 0 Å². The summed E-state index contributed by atoms with van der Waals surface area (Å²) in [7, 11) is -7.08. The molecule has 0 atom stereocenters. The molecule has 0 radical (unpaired) electrons. The lowest BCUT2D eigenvalue weighted by molar-refractivity contribution is 0.599. The standard InChI is InChI=1S/C12H14N2O4S2/c1-2-9-20(17,18)14-11-4-6-12(7-5-11)19(15,16)10-3-8-13/h3-7,10,14H,2,9H2,1H3. The van der Waals surface area contributed by atoms with Crippen LogP contribution in [0.2, 0.25) is 0 Å². The van der Waals surface area contributed by atoms with Gasteiger partial charge in [-0.3, -0.25) is 4.72 Å². The number of nitrogens with one attached hydrogen (secondary N) is 1. The smallest absolute Gasteiger partial charge is 0.232 e. The summed E-state index contributed by atoms with van der Waals surface area (Å²) in [6, 6.07) is 6.88. The van der Waals surface area contributed by atoms with Gasteiger partial charge in [-0.1, -0.05) is 6.92 Å². The van der Waals surface area contributed by atoms with Gasteiger partial charge in [0, 0.05) is 17.2 Å². The van der Waals surface area contributed by atoms with Crippen LogP contribution in [0.5, 0.6) is 0 Å². The third kappa shape index (κ3) is 4.68. The van der Waals surface area contributed by atoms with Crippen LogP contribution in [0.15, 0.2) is 40.6 Å². The zero-order valence-electron chi connectivity index (χ0n) is 10.8. The van der Waals surface area contributed by atoms with E-state index in [9.17, 15) is 16.8 Å². The molecule has 0 saturated carbocycles. The second-order valence-electron chi connectivity index (χ2n) is 3.92. The van der Waals surface area contributed by atoms with Gasteiger partial charge in [-0.2, -0.15) is 5.26 Å². The van der Waals surface area contributed by atoms with Crippen LogP contribution < -0.4 is 4.72 Å². The highest BCUT2D eigenvalue weighted by atomic mass is 32.2. The summed E-state index contributed by atoms with van der Waals surface area (Å²) < 4.78 is 48.9. The lowest BCUT2D eigenvalue weighted by Crippen LogP contribution is -2.16. The van der Waals surface area contributed by atoms with Crippen molar-refractivity contribution in [3.63, 3.8) is 0 Å². The van der Waals surface area contributed by atoms with E-state index in [1.807, 2.05) is 0 Å². The van der Waals surface area contributed by atoms with Crippen molar-refractivity contribution in [1.29, 1.82) is 5.26 Å². The van der Waals surface area contributed by atoms with Crippen LogP contribution in [-0.4, -0.2) is 22.6 Å². The van der Waals surface area contributed by atoms with E-state index < -0.39 is 19.9 Å². The van der Waals surface area contributed by atoms with Gasteiger partial charge in [-0.15, -0.1) is 0 Å². The van der Waals surface area contributed by atoms with Gasteiger partial charge in [-0.25, -0.2) is 16.8 Å². The molecule has 8 heteroatoms. The average Bonchev–Trinajstić information content (AvgIpc) is 2.36. The number of nitrogens with zero attached hydrogens (tertiary/aromatic N) is 1. The minimum absolute atomic E-state index is 0.00203. The maximum atomic E-state index is 11.7. The molecule has 20 heavy (non-hydrogen) atoms. The molecule has 0 unspecified atom stereocenters. The monoisotopic (exact) mass is 314 g/mol. The zero-order valence-corrected chi connectivity index (χ0v) is 12.4. The first-order valence-corrected chi connectivity index (χ1v) is 8.92. The summed E-state index contributed by atoms with van der Waals surface area (Å²) >= 11 is 0. The molecule has 0 amide bonds. The predicted molar refractivity (Wildman–Crippen MR) is 76.1 cm³/mol. The van der Waals surface area contributed by atoms with Crippen LogP contribution in [0.4, 0.5) is 5.69 Å². The van der Waals surface area contributed by atoms with E-state index in [0.717, 1.165) is 11.5 Å². The predicted octanol–water partition coefficient (Wildman–Crippen LogP) is 1.65. The maximum absolute atomic E-state index is 11.7. The Bertz CT molecular complexity index is 727. The van der Waals surface area contributed by atoms with Gasteiger partial charge in [-0.05, 0) is 30.7 Å². The number of allylic oxidation sites excluding steroid dienone is 1. The van der Waals surface area contributed by atoms with Crippen LogP contribution in [0, 0.1) is 11.3 Å². The van der Waals surface area contributed by atoms with Gasteiger partial charge < -0.3 is 0 Å². The van der Waals surface area contributed by atoms with E-state index in [1.165, 1.54) is 24.3 Å². The van der Waals surface area contributed by atoms with Crippen LogP contribution >= 0.6 is 0 Å². The van der Waals surface area contributed by atoms with E-state index in [4.69, 9.17) is 5.26 Å². The molecule has 0 spiro atoms. The molecule has 0 aliphatic rings. The van der Waals surface area contributed by atoms with E-state index >= 15 is 0 Å². The van der Waals surface area contributed by atoms with Gasteiger partial charge in [0.05, 0.1) is 16.7 Å². The van der Waals surface area contributed by atoms with Crippen LogP contribution in [-0.2, 0) is 19.9 Å². The lowest BCUT2D eigenvalue weighted by atomic mass is 10.3. The molecule has 6 nitrogen and oxygen atoms in total. The summed E-state index contributed by atoms with van der Waals surface area (Å²) in [6.07, 6.45) is 1.36. The Balaban J connectivity index is 2.96. The molecular formula is C12H14N2O4S2. The third-order valence-corrected chi connectivity index (χ3v) is 5.17. The number of benzene rings is 1. The molecule has 0 saturated heterocycles. The first-order valence-electron chi connectivity index (χ1n) is 5.72. The Labute approximate surface area is 118 Å². The van der Waals surface area contributed by atoms with Crippen molar-refractivity contribution in [2.75, 3.05) is 10.5 Å². The van der Waals surface area contributed by atoms with Gasteiger partial charge in [0.2, 0.25) is 19.9 Å². The van der Waals surface area contributed by atoms with E-state index in [-0.39, 0.29) is 10.6 Å². The SMILES string of the molecule is CCCS(=O)(=O)Nc1ccc(S(=O)(=O)C=CC#N)cc1. The molecule has 0 aliphatic heterocycles. The van der Waals surface area contributed by atoms with Crippen molar-refractivity contribution in [2.45, 2.75) is 18.2 Å². The molecule has 0 heterocycles. The Kier molecular flexibility index (Phi) is 5.30. The molecule has 1 aromatic carbocycles. The number of hydrogen-bond donors (Lipinski definition) is 1. The van der Waals surface area contributed by atoms with E-state index in [1.54, 1.807) is 13.0 Å². The number of rotatable bonds is 6. The lowest BCUT2D eigenvalue weighted by Gasteiger charge is -2.07. The summed E-state index contributed by atoms with van der Waals surface area (Å²) in [5.74, 6) is -0.00203. The van der Waals surface area contributed by atoms with Gasteiger partial charge in [0.25, 0.3) is 0 Å². The quantitative estimate of drug-likeness (QED) is 0.804. The number of anilines is 1. The average molecular weight is 314 g/mol. The molecule has 0 aromatic heterocycles. The molecular weight excluding hydrogens is 300 g/mol. The van der Waals surface area contributed by atoms with Gasteiger partial charge in [0.1, 0.15) is 0 Å². The van der Waals surface area contributed by atoms with Crippen molar-refractivity contribution in [2.24, 2.45) is 0 Å². The fraction of sp³-hybridized carbons (Fsp3) is 0.250. The Morgan fingerprint density at radius 3 is 2.30 bits per heavy atom. The van der Waals surface area contributed by atoms with Crippen LogP contribution in [0.1, 0.15) is 13.3 Å². The molecule has 1 rings (SSSR count). The highest BCUT2D eigenvalue weighted by Gasteiger charge is 2.12. The Morgan fingerprint density at radius 1 is 1.20 bits per heavy atom. The first kappa shape index (κ1) is 16.2. The summed E-state index contributed by atoms with van der Waals surface area (Å²) in [6.45, 7) is 1.75. The topological polar surface area (TPSA) is 104 Å². The van der Waals surface area contributed by atoms with E-state index in [2.05, 4.69) is 4.72 Å². The molecule has 108 valence electrons. The minimum Gasteiger partial charge on any atom is -0.284 e. The third-order valence-electron chi connectivity index (χ3n) is 2.25. The molecule has 0 aliphatic carbocycles. The molecule has 1 aromatic rings. The fourth-order valence-electron chi connectivity index (χ4n) is 1.41. The second-order valence-corrected chi connectivity index (χ2v) is 7.60. The Morgan fingerprint density at radius 2 is 1.80 bits per heavy atom. The number of nitriles is 1. The molecule has 0 bridgehead atoms. The summed E-state index contributed by atoms with van der Waals surface area (Å²) in [4.78, 5) is -0.0116. The van der Waals surface area contributed by atoms with Crippen molar-refractivity contribution in [3.8, 4) is 6.07 Å². The fourth-order valence-corrected chi connectivity index (χ4v) is 3.46. The number of sulfonamides is 1. The van der Waals surface area contributed by atoms with Crippen molar-refractivity contribution in [3.05, 3.63) is 35.7 Å². The highest BCUT2D eigenvalue weighted by Crippen LogP contribution is 2.17. The summed E-state index contributed by atoms with van der Waals surface area (Å²) in [5, 5.41) is 9.12. The minimum atomic E-state index is -3.67. The second kappa shape index (κ2) is 6.54. The van der Waals surface area contributed by atoms with Gasteiger partial charge >= 0.3 is 0 Å². The highest BCUT2D eigenvalue weighted by molar-refractivity contribution is 7.94. The maximum Gasteiger partial charge on any atom is 0.232 e. The summed E-state index contributed by atoms with van der Waals surface area (Å²) in [5.41, 5.74) is 0.293. The Hall–Kier alpha value is -1.85. The molecule has 1 N–H and O–H groups in total. The first-order chi connectivity index (χ1) is 9.30. The van der Waals surface area contributed by atoms with Crippen molar-refractivity contribution < 1.29 is 16.8 Å². The van der Waals surface area contributed by atoms with Crippen molar-refractivity contribution in [1.82, 2.24) is 0 Å². The number of sulfone groups is 1.